The first-order valence-corrected chi connectivity index (χ1v) is 5.22. The van der Waals surface area contributed by atoms with Crippen molar-refractivity contribution in [2.75, 3.05) is 6.61 Å². The molecule has 6 heteroatoms. The maximum Gasteiger partial charge on any atom is 0.358 e. The summed E-state index contributed by atoms with van der Waals surface area (Å²) in [5.41, 5.74) is 0.953. The number of carbonyl (C=O) groups is 1. The molecule has 6 nitrogen and oxygen atoms in total. The van der Waals surface area contributed by atoms with Gasteiger partial charge in [0, 0.05) is 12.4 Å². The molecule has 0 unspecified atom stereocenters. The van der Waals surface area contributed by atoms with Gasteiger partial charge >= 0.3 is 5.97 Å². The smallest absolute Gasteiger partial charge is 0.358 e. The minimum absolute atomic E-state index is 0.291. The lowest BCUT2D eigenvalue weighted by atomic mass is 10.3. The molecule has 0 radical (unpaired) electrons. The second-order valence-electron chi connectivity index (χ2n) is 3.32. The molecular formula is C11H12N4O2. The van der Waals surface area contributed by atoms with Gasteiger partial charge in [0.25, 0.3) is 0 Å². The normalized spacial score (nSPS) is 10.2. The summed E-state index contributed by atoms with van der Waals surface area (Å²) in [5, 5.41) is 0. The van der Waals surface area contributed by atoms with Crippen molar-refractivity contribution in [3.05, 3.63) is 36.2 Å². The van der Waals surface area contributed by atoms with Gasteiger partial charge in [-0.3, -0.25) is 4.57 Å². The van der Waals surface area contributed by atoms with Crippen molar-refractivity contribution in [2.24, 2.45) is 0 Å². The van der Waals surface area contributed by atoms with Gasteiger partial charge in [-0.1, -0.05) is 0 Å². The quantitative estimate of drug-likeness (QED) is 0.742. The van der Waals surface area contributed by atoms with Crippen LogP contribution < -0.4 is 0 Å². The van der Waals surface area contributed by atoms with Crippen LogP contribution in [0, 0.1) is 6.92 Å². The summed E-state index contributed by atoms with van der Waals surface area (Å²) in [6.45, 7) is 3.85. The van der Waals surface area contributed by atoms with Crippen molar-refractivity contribution in [2.45, 2.75) is 13.8 Å². The fraction of sp³-hybridized carbons (Fsp3) is 0.273. The fourth-order valence-electron chi connectivity index (χ4n) is 1.43. The molecule has 88 valence electrons. The van der Waals surface area contributed by atoms with Crippen LogP contribution in [-0.2, 0) is 4.74 Å². The summed E-state index contributed by atoms with van der Waals surface area (Å²) in [5.74, 6) is 0.0488. The topological polar surface area (TPSA) is 69.9 Å². The molecule has 0 aliphatic heterocycles. The maximum absolute atomic E-state index is 11.6. The number of nitrogens with zero attached hydrogens (tertiary/aromatic N) is 4. The molecule has 0 atom stereocenters. The van der Waals surface area contributed by atoms with Crippen molar-refractivity contribution in [1.82, 2.24) is 19.5 Å². The molecule has 0 amide bonds. The van der Waals surface area contributed by atoms with Gasteiger partial charge < -0.3 is 4.74 Å². The summed E-state index contributed by atoms with van der Waals surface area (Å²) in [4.78, 5) is 23.8. The van der Waals surface area contributed by atoms with Crippen LogP contribution in [0.25, 0.3) is 5.95 Å². The van der Waals surface area contributed by atoms with E-state index in [2.05, 4.69) is 15.0 Å². The standard InChI is InChI=1S/C11H12N4O2/c1-3-17-10(16)9-8(2)15(7-14-9)11-12-5-4-6-13-11/h4-7H,3H2,1-2H3. The summed E-state index contributed by atoms with van der Waals surface area (Å²) < 4.78 is 6.55. The van der Waals surface area contributed by atoms with Gasteiger partial charge in [0.1, 0.15) is 6.33 Å². The summed E-state index contributed by atoms with van der Waals surface area (Å²) in [6.07, 6.45) is 4.77. The van der Waals surface area contributed by atoms with Crippen LogP contribution >= 0.6 is 0 Å². The summed E-state index contributed by atoms with van der Waals surface area (Å²) in [7, 11) is 0. The Hall–Kier alpha value is -2.24. The van der Waals surface area contributed by atoms with Gasteiger partial charge in [-0.25, -0.2) is 19.7 Å². The van der Waals surface area contributed by atoms with E-state index in [0.717, 1.165) is 0 Å². The zero-order valence-corrected chi connectivity index (χ0v) is 9.62. The number of aromatic nitrogens is 4. The molecule has 0 aliphatic rings. The van der Waals surface area contributed by atoms with E-state index in [4.69, 9.17) is 4.74 Å². The zero-order chi connectivity index (χ0) is 12.3. The molecule has 0 saturated heterocycles. The summed E-state index contributed by atoms with van der Waals surface area (Å²) in [6, 6.07) is 1.72. The largest absolute Gasteiger partial charge is 0.461 e. The molecule has 0 saturated carbocycles. The van der Waals surface area contributed by atoms with Crippen LogP contribution in [-0.4, -0.2) is 32.1 Å². The third kappa shape index (κ3) is 2.15. The molecule has 2 rings (SSSR count). The minimum Gasteiger partial charge on any atom is -0.461 e. The molecule has 0 spiro atoms. The van der Waals surface area contributed by atoms with Crippen molar-refractivity contribution in [3.8, 4) is 5.95 Å². The van der Waals surface area contributed by atoms with Crippen LogP contribution in [0.1, 0.15) is 23.1 Å². The highest BCUT2D eigenvalue weighted by atomic mass is 16.5. The molecular weight excluding hydrogens is 220 g/mol. The van der Waals surface area contributed by atoms with E-state index < -0.39 is 5.97 Å². The number of imidazole rings is 1. The first-order valence-electron chi connectivity index (χ1n) is 5.22. The Morgan fingerprint density at radius 2 is 2.06 bits per heavy atom. The van der Waals surface area contributed by atoms with Gasteiger partial charge in [0.15, 0.2) is 5.69 Å². The number of carbonyl (C=O) groups excluding carboxylic acids is 1. The van der Waals surface area contributed by atoms with Crippen molar-refractivity contribution in [1.29, 1.82) is 0 Å². The first kappa shape index (κ1) is 11.3. The molecule has 2 heterocycles. The highest BCUT2D eigenvalue weighted by Gasteiger charge is 2.17. The third-order valence-electron chi connectivity index (χ3n) is 2.24. The number of hydrogen-bond acceptors (Lipinski definition) is 5. The highest BCUT2D eigenvalue weighted by Crippen LogP contribution is 2.11. The minimum atomic E-state index is -0.431. The molecule has 0 aliphatic carbocycles. The van der Waals surface area contributed by atoms with Gasteiger partial charge in [0.05, 0.1) is 12.3 Å². The average Bonchev–Trinajstić information content (AvgIpc) is 2.72. The van der Waals surface area contributed by atoms with Crippen LogP contribution in [0.4, 0.5) is 0 Å². The first-order chi connectivity index (χ1) is 8.24. The number of esters is 1. The van der Waals surface area contributed by atoms with E-state index >= 15 is 0 Å². The lowest BCUT2D eigenvalue weighted by molar-refractivity contribution is 0.0519. The molecule has 0 bridgehead atoms. The third-order valence-corrected chi connectivity index (χ3v) is 2.24. The monoisotopic (exact) mass is 232 g/mol. The Labute approximate surface area is 98.3 Å². The van der Waals surface area contributed by atoms with Gasteiger partial charge in [-0.15, -0.1) is 0 Å². The highest BCUT2D eigenvalue weighted by molar-refractivity contribution is 5.88. The van der Waals surface area contributed by atoms with Crippen LogP contribution in [0.2, 0.25) is 0 Å². The van der Waals surface area contributed by atoms with Gasteiger partial charge in [0.2, 0.25) is 5.95 Å². The predicted molar refractivity (Wildman–Crippen MR) is 59.8 cm³/mol. The molecule has 2 aromatic heterocycles. The van der Waals surface area contributed by atoms with E-state index in [1.165, 1.54) is 6.33 Å². The second-order valence-corrected chi connectivity index (χ2v) is 3.32. The van der Waals surface area contributed by atoms with Crippen molar-refractivity contribution < 1.29 is 9.53 Å². The van der Waals surface area contributed by atoms with E-state index in [9.17, 15) is 4.79 Å². The summed E-state index contributed by atoms with van der Waals surface area (Å²) >= 11 is 0. The van der Waals surface area contributed by atoms with Crippen LogP contribution in [0.3, 0.4) is 0 Å². The van der Waals surface area contributed by atoms with E-state index in [0.29, 0.717) is 23.9 Å². The zero-order valence-electron chi connectivity index (χ0n) is 9.62. The van der Waals surface area contributed by atoms with Gasteiger partial charge in [-0.05, 0) is 19.9 Å². The predicted octanol–water partition coefficient (Wildman–Crippen LogP) is 1.15. The van der Waals surface area contributed by atoms with Gasteiger partial charge in [-0.2, -0.15) is 0 Å². The fourth-order valence-corrected chi connectivity index (χ4v) is 1.43. The Balaban J connectivity index is 2.37. The Morgan fingerprint density at radius 1 is 1.35 bits per heavy atom. The maximum atomic E-state index is 11.6. The molecule has 0 N–H and O–H groups in total. The average molecular weight is 232 g/mol. The number of ether oxygens (including phenoxy) is 1. The molecule has 0 fully saturated rings. The van der Waals surface area contributed by atoms with Crippen LogP contribution in [0.15, 0.2) is 24.8 Å². The lowest BCUT2D eigenvalue weighted by Gasteiger charge is -2.03. The molecule has 2 aromatic rings. The Bertz CT molecular complexity index is 522. The Morgan fingerprint density at radius 3 is 2.71 bits per heavy atom. The Kier molecular flexibility index (Phi) is 3.13. The van der Waals surface area contributed by atoms with Crippen molar-refractivity contribution in [3.63, 3.8) is 0 Å². The SMILES string of the molecule is CCOC(=O)c1ncn(-c2ncccn2)c1C. The molecule has 0 aromatic carbocycles. The van der Waals surface area contributed by atoms with E-state index in [1.807, 2.05) is 0 Å². The van der Waals surface area contributed by atoms with E-state index in [-0.39, 0.29) is 0 Å². The van der Waals surface area contributed by atoms with Crippen LogP contribution in [0.5, 0.6) is 0 Å². The number of rotatable bonds is 3. The van der Waals surface area contributed by atoms with E-state index in [1.54, 1.807) is 36.9 Å². The molecule has 17 heavy (non-hydrogen) atoms. The van der Waals surface area contributed by atoms with Crippen molar-refractivity contribution >= 4 is 5.97 Å². The number of hydrogen-bond donors (Lipinski definition) is 0. The second kappa shape index (κ2) is 4.73. The lowest BCUT2D eigenvalue weighted by Crippen LogP contribution is -2.08.